The van der Waals surface area contributed by atoms with E-state index >= 15 is 0 Å². The average Bonchev–Trinajstić information content (AvgIpc) is 3.35. The molecule has 2 unspecified atom stereocenters. The number of methoxy groups -OCH3 is 1. The molecule has 0 radical (unpaired) electrons. The van der Waals surface area contributed by atoms with Gasteiger partial charge in [0.25, 0.3) is 0 Å². The van der Waals surface area contributed by atoms with Crippen molar-refractivity contribution in [3.05, 3.63) is 77.1 Å². The molecule has 4 rings (SSSR count). The lowest BCUT2D eigenvalue weighted by atomic mass is 10.1. The van der Waals surface area contributed by atoms with Crippen LogP contribution in [0.1, 0.15) is 23.6 Å². The van der Waals surface area contributed by atoms with Crippen LogP contribution < -0.4 is 10.1 Å². The first-order chi connectivity index (χ1) is 13.2. The molecule has 6 heteroatoms. The minimum atomic E-state index is -0.00595. The number of hydrogen-bond donors (Lipinski definition) is 1. The molecule has 0 saturated heterocycles. The predicted molar refractivity (Wildman–Crippen MR) is 104 cm³/mol. The Balaban J connectivity index is 1.34. The molecule has 1 heterocycles. The number of benzene rings is 2. The van der Waals surface area contributed by atoms with Gasteiger partial charge in [0, 0.05) is 17.1 Å². The summed E-state index contributed by atoms with van der Waals surface area (Å²) in [6.07, 6.45) is 2.73. The van der Waals surface area contributed by atoms with Crippen molar-refractivity contribution in [3.8, 4) is 11.4 Å². The number of ether oxygens (including phenoxy) is 1. The van der Waals surface area contributed by atoms with Crippen molar-refractivity contribution in [3.63, 3.8) is 0 Å². The highest BCUT2D eigenvalue weighted by atomic mass is 35.5. The third-order valence-corrected chi connectivity index (χ3v) is 5.20. The molecule has 2 aromatic carbocycles. The number of nitrogens with one attached hydrogen (secondary N) is 1. The summed E-state index contributed by atoms with van der Waals surface area (Å²) in [6.45, 7) is 0.410. The molecule has 5 nitrogen and oxygen atoms in total. The maximum Gasteiger partial charge on any atom is 0.224 e. The SMILES string of the molecule is COc1ccc(-n2ccc(CNC(=O)C3CC3c3ccccc3Cl)n2)cc1. The molecule has 0 aliphatic heterocycles. The Morgan fingerprint density at radius 1 is 1.22 bits per heavy atom. The van der Waals surface area contributed by atoms with Gasteiger partial charge in [-0.15, -0.1) is 0 Å². The van der Waals surface area contributed by atoms with E-state index in [4.69, 9.17) is 16.3 Å². The minimum absolute atomic E-state index is 0.00595. The van der Waals surface area contributed by atoms with E-state index in [1.807, 2.05) is 60.8 Å². The molecule has 1 aromatic heterocycles. The summed E-state index contributed by atoms with van der Waals surface area (Å²) in [5.74, 6) is 1.07. The molecule has 138 valence electrons. The Hall–Kier alpha value is -2.79. The van der Waals surface area contributed by atoms with Gasteiger partial charge in [-0.2, -0.15) is 5.10 Å². The number of carbonyl (C=O) groups is 1. The Morgan fingerprint density at radius 2 is 2.00 bits per heavy atom. The Bertz CT molecular complexity index is 952. The Labute approximate surface area is 162 Å². The maximum absolute atomic E-state index is 12.4. The van der Waals surface area contributed by atoms with Crippen molar-refractivity contribution in [2.45, 2.75) is 18.9 Å². The molecule has 1 N–H and O–H groups in total. The van der Waals surface area contributed by atoms with Gasteiger partial charge in [0.15, 0.2) is 0 Å². The van der Waals surface area contributed by atoms with E-state index < -0.39 is 0 Å². The fraction of sp³-hybridized carbons (Fsp3) is 0.238. The first-order valence-corrected chi connectivity index (χ1v) is 9.24. The Kier molecular flexibility index (Phi) is 4.86. The van der Waals surface area contributed by atoms with Crippen molar-refractivity contribution < 1.29 is 9.53 Å². The normalized spacial score (nSPS) is 18.1. The largest absolute Gasteiger partial charge is 0.497 e. The molecule has 0 bridgehead atoms. The number of hydrogen-bond acceptors (Lipinski definition) is 3. The van der Waals surface area contributed by atoms with Crippen molar-refractivity contribution in [2.24, 2.45) is 5.92 Å². The standard InChI is InChI=1S/C21H20ClN3O2/c1-27-16-8-6-15(7-9-16)25-11-10-14(24-25)13-23-21(26)19-12-18(19)17-4-2-3-5-20(17)22/h2-11,18-19H,12-13H2,1H3,(H,23,26). The van der Waals surface area contributed by atoms with E-state index in [-0.39, 0.29) is 17.7 Å². The van der Waals surface area contributed by atoms with Gasteiger partial charge in [-0.3, -0.25) is 4.79 Å². The van der Waals surface area contributed by atoms with Crippen LogP contribution in [0, 0.1) is 5.92 Å². The van der Waals surface area contributed by atoms with Gasteiger partial charge in [0.1, 0.15) is 5.75 Å². The highest BCUT2D eigenvalue weighted by Crippen LogP contribution is 2.49. The third kappa shape index (κ3) is 3.83. The number of aromatic nitrogens is 2. The van der Waals surface area contributed by atoms with E-state index in [1.165, 1.54) is 0 Å². The Morgan fingerprint density at radius 3 is 2.74 bits per heavy atom. The van der Waals surface area contributed by atoms with Crippen LogP contribution in [0.5, 0.6) is 5.75 Å². The molecule has 2 atom stereocenters. The molecule has 1 aliphatic rings. The molecule has 27 heavy (non-hydrogen) atoms. The van der Waals surface area contributed by atoms with E-state index in [0.29, 0.717) is 6.54 Å². The van der Waals surface area contributed by atoms with Crippen LogP contribution in [-0.2, 0) is 11.3 Å². The summed E-state index contributed by atoms with van der Waals surface area (Å²) >= 11 is 6.23. The molecular formula is C21H20ClN3O2. The summed E-state index contributed by atoms with van der Waals surface area (Å²) in [7, 11) is 1.64. The van der Waals surface area contributed by atoms with Crippen molar-refractivity contribution in [1.82, 2.24) is 15.1 Å². The molecular weight excluding hydrogens is 362 g/mol. The zero-order chi connectivity index (χ0) is 18.8. The molecule has 1 aliphatic carbocycles. The van der Waals surface area contributed by atoms with Gasteiger partial charge in [-0.1, -0.05) is 29.8 Å². The molecule has 1 saturated carbocycles. The molecule has 1 amide bonds. The highest BCUT2D eigenvalue weighted by molar-refractivity contribution is 6.31. The summed E-state index contributed by atoms with van der Waals surface area (Å²) in [4.78, 5) is 12.4. The fourth-order valence-electron chi connectivity index (χ4n) is 3.25. The van der Waals surface area contributed by atoms with Crippen molar-refractivity contribution in [1.29, 1.82) is 0 Å². The van der Waals surface area contributed by atoms with Crippen LogP contribution in [0.2, 0.25) is 5.02 Å². The van der Waals surface area contributed by atoms with Gasteiger partial charge in [-0.25, -0.2) is 4.68 Å². The van der Waals surface area contributed by atoms with Crippen LogP contribution in [0.4, 0.5) is 0 Å². The van der Waals surface area contributed by atoms with Gasteiger partial charge >= 0.3 is 0 Å². The van der Waals surface area contributed by atoms with Gasteiger partial charge in [-0.05, 0) is 54.3 Å². The number of rotatable bonds is 6. The minimum Gasteiger partial charge on any atom is -0.497 e. The number of amides is 1. The summed E-state index contributed by atoms with van der Waals surface area (Å²) in [5, 5.41) is 8.24. The van der Waals surface area contributed by atoms with Crippen molar-refractivity contribution in [2.75, 3.05) is 7.11 Å². The monoisotopic (exact) mass is 381 g/mol. The van der Waals surface area contributed by atoms with Crippen molar-refractivity contribution >= 4 is 17.5 Å². The zero-order valence-electron chi connectivity index (χ0n) is 14.9. The van der Waals surface area contributed by atoms with Crippen LogP contribution in [-0.4, -0.2) is 22.8 Å². The number of nitrogens with zero attached hydrogens (tertiary/aromatic N) is 2. The smallest absolute Gasteiger partial charge is 0.224 e. The molecule has 3 aromatic rings. The number of carbonyl (C=O) groups excluding carboxylic acids is 1. The molecule has 0 spiro atoms. The van der Waals surface area contributed by atoms with Crippen LogP contribution in [0.3, 0.4) is 0 Å². The lowest BCUT2D eigenvalue weighted by Crippen LogP contribution is -2.25. The molecule has 1 fully saturated rings. The van der Waals surface area contributed by atoms with Crippen LogP contribution >= 0.6 is 11.6 Å². The lowest BCUT2D eigenvalue weighted by molar-refractivity contribution is -0.122. The topological polar surface area (TPSA) is 56.1 Å². The average molecular weight is 382 g/mol. The van der Waals surface area contributed by atoms with Gasteiger partial charge < -0.3 is 10.1 Å². The fourth-order valence-corrected chi connectivity index (χ4v) is 3.52. The predicted octanol–water partition coefficient (Wildman–Crippen LogP) is 3.95. The lowest BCUT2D eigenvalue weighted by Gasteiger charge is -2.05. The second-order valence-corrected chi connectivity index (χ2v) is 7.04. The quantitative estimate of drug-likeness (QED) is 0.703. The van der Waals surface area contributed by atoms with Gasteiger partial charge in [0.2, 0.25) is 5.91 Å². The summed E-state index contributed by atoms with van der Waals surface area (Å²) in [6, 6.07) is 17.3. The summed E-state index contributed by atoms with van der Waals surface area (Å²) < 4.78 is 6.95. The first kappa shape index (κ1) is 17.6. The second-order valence-electron chi connectivity index (χ2n) is 6.64. The van der Waals surface area contributed by atoms with Gasteiger partial charge in [0.05, 0.1) is 25.0 Å². The van der Waals surface area contributed by atoms with E-state index in [2.05, 4.69) is 10.4 Å². The zero-order valence-corrected chi connectivity index (χ0v) is 15.7. The van der Waals surface area contributed by atoms with Crippen LogP contribution in [0.25, 0.3) is 5.69 Å². The third-order valence-electron chi connectivity index (χ3n) is 4.86. The first-order valence-electron chi connectivity index (χ1n) is 8.87. The van der Waals surface area contributed by atoms with E-state index in [0.717, 1.165) is 34.1 Å². The van der Waals surface area contributed by atoms with Crippen LogP contribution in [0.15, 0.2) is 60.8 Å². The summed E-state index contributed by atoms with van der Waals surface area (Å²) in [5.41, 5.74) is 2.81. The van der Waals surface area contributed by atoms with E-state index in [9.17, 15) is 4.79 Å². The second kappa shape index (κ2) is 7.45. The van der Waals surface area contributed by atoms with E-state index in [1.54, 1.807) is 11.8 Å². The number of halogens is 1. The maximum atomic E-state index is 12.4. The highest BCUT2D eigenvalue weighted by Gasteiger charge is 2.44.